The van der Waals surface area contributed by atoms with Crippen molar-refractivity contribution >= 4 is 5.97 Å². The second-order valence-electron chi connectivity index (χ2n) is 8.36. The third kappa shape index (κ3) is 8.71. The van der Waals surface area contributed by atoms with Crippen molar-refractivity contribution in [3.63, 3.8) is 0 Å². The van der Waals surface area contributed by atoms with E-state index in [2.05, 4.69) is 50.8 Å². The summed E-state index contributed by atoms with van der Waals surface area (Å²) in [6, 6.07) is 4.35. The van der Waals surface area contributed by atoms with Crippen molar-refractivity contribution in [2.24, 2.45) is 0 Å². The number of benzene rings is 1. The van der Waals surface area contributed by atoms with Gasteiger partial charge in [0.05, 0.1) is 13.0 Å². The molecule has 0 bridgehead atoms. The molecule has 1 heterocycles. The maximum Gasteiger partial charge on any atom is 0.312 e. The largest absolute Gasteiger partial charge is 0.426 e. The first-order valence-electron chi connectivity index (χ1n) is 11.3. The Morgan fingerprint density at radius 2 is 2.03 bits per heavy atom. The fraction of sp³-hybridized carbons (Fsp3) is 0.640. The number of allylic oxidation sites excluding steroid dienone is 2. The van der Waals surface area contributed by atoms with E-state index < -0.39 is 0 Å². The van der Waals surface area contributed by atoms with Crippen LogP contribution in [0.5, 0.6) is 5.75 Å². The van der Waals surface area contributed by atoms with Gasteiger partial charge < -0.3 is 14.4 Å². The minimum absolute atomic E-state index is 0.140. The van der Waals surface area contributed by atoms with Gasteiger partial charge in [-0.05, 0) is 63.6 Å². The lowest BCUT2D eigenvalue weighted by Crippen LogP contribution is -2.29. The zero-order valence-electron chi connectivity index (χ0n) is 18.9. The van der Waals surface area contributed by atoms with Gasteiger partial charge in [-0.25, -0.2) is 0 Å². The van der Waals surface area contributed by atoms with E-state index in [1.54, 1.807) is 0 Å². The van der Waals surface area contributed by atoms with Crippen LogP contribution < -0.4 is 4.74 Å². The summed E-state index contributed by atoms with van der Waals surface area (Å²) in [5, 5.41) is 0. The van der Waals surface area contributed by atoms with E-state index in [1.165, 1.54) is 36.0 Å². The summed E-state index contributed by atoms with van der Waals surface area (Å²) < 4.78 is 11.4. The highest BCUT2D eigenvalue weighted by molar-refractivity contribution is 5.73. The Bertz CT molecular complexity index is 669. The van der Waals surface area contributed by atoms with Gasteiger partial charge in [0.2, 0.25) is 0 Å². The number of carbonyl (C=O) groups excluding carboxylic acids is 1. The highest BCUT2D eigenvalue weighted by atomic mass is 16.5. The summed E-state index contributed by atoms with van der Waals surface area (Å²) in [5.74, 6) is 0.608. The molecule has 1 aromatic rings. The molecule has 0 spiro atoms. The van der Waals surface area contributed by atoms with E-state index >= 15 is 0 Å². The lowest BCUT2D eigenvalue weighted by Gasteiger charge is -2.19. The maximum atomic E-state index is 12.6. The van der Waals surface area contributed by atoms with Crippen LogP contribution in [0.15, 0.2) is 23.8 Å². The van der Waals surface area contributed by atoms with Crippen LogP contribution >= 0.6 is 0 Å². The van der Waals surface area contributed by atoms with Crippen LogP contribution in [0.3, 0.4) is 0 Å². The van der Waals surface area contributed by atoms with Crippen LogP contribution in [0, 0.1) is 6.92 Å². The van der Waals surface area contributed by atoms with Gasteiger partial charge in [-0.2, -0.15) is 0 Å². The summed E-state index contributed by atoms with van der Waals surface area (Å²) in [6.45, 7) is 12.7. The van der Waals surface area contributed by atoms with Crippen LogP contribution in [0.4, 0.5) is 0 Å². The molecule has 2 rings (SSSR count). The Hall–Kier alpha value is -1.65. The molecule has 1 aliphatic heterocycles. The highest BCUT2D eigenvalue weighted by Gasteiger charge is 2.15. The Morgan fingerprint density at radius 1 is 1.21 bits per heavy atom. The van der Waals surface area contributed by atoms with Gasteiger partial charge in [-0.15, -0.1) is 0 Å². The molecule has 0 N–H and O–H groups in total. The fourth-order valence-electron chi connectivity index (χ4n) is 3.68. The molecule has 1 aromatic carbocycles. The Kier molecular flexibility index (Phi) is 10.4. The smallest absolute Gasteiger partial charge is 0.312 e. The molecular formula is C25H39NO3. The number of carbonyl (C=O) groups is 1. The van der Waals surface area contributed by atoms with Crippen molar-refractivity contribution in [2.45, 2.75) is 72.6 Å². The lowest BCUT2D eigenvalue weighted by atomic mass is 9.97. The molecule has 0 atom stereocenters. The Morgan fingerprint density at radius 3 is 2.79 bits per heavy atom. The van der Waals surface area contributed by atoms with Crippen molar-refractivity contribution in [1.82, 2.24) is 4.90 Å². The molecule has 1 saturated heterocycles. The van der Waals surface area contributed by atoms with Gasteiger partial charge in [0, 0.05) is 31.8 Å². The van der Waals surface area contributed by atoms with Crippen LogP contribution in [0.25, 0.3) is 0 Å². The molecule has 1 aliphatic rings. The van der Waals surface area contributed by atoms with Gasteiger partial charge in [0.15, 0.2) is 0 Å². The van der Waals surface area contributed by atoms with E-state index in [1.807, 2.05) is 0 Å². The third-order valence-corrected chi connectivity index (χ3v) is 5.45. The standard InChI is InChI=1S/C25H39NO3/c1-5-6-7-9-22-18-21(4)23(11-10-20(2)3)24(19-22)29-25(27)12-14-26-13-8-16-28-17-15-26/h10,18-19H,5-9,11-17H2,1-4H3. The third-order valence-electron chi connectivity index (χ3n) is 5.45. The number of aryl methyl sites for hydroxylation is 2. The summed E-state index contributed by atoms with van der Waals surface area (Å²) in [6.07, 6.45) is 9.10. The molecule has 0 aromatic heterocycles. The first kappa shape index (κ1) is 23.6. The van der Waals surface area contributed by atoms with Crippen LogP contribution in [-0.4, -0.2) is 43.7 Å². The van der Waals surface area contributed by atoms with Crippen molar-refractivity contribution in [1.29, 1.82) is 0 Å². The highest BCUT2D eigenvalue weighted by Crippen LogP contribution is 2.27. The van der Waals surface area contributed by atoms with E-state index in [0.29, 0.717) is 6.42 Å². The van der Waals surface area contributed by atoms with Crippen molar-refractivity contribution < 1.29 is 14.3 Å². The number of rotatable bonds is 10. The number of hydrogen-bond acceptors (Lipinski definition) is 4. The quantitative estimate of drug-likeness (QED) is 0.232. The number of esters is 1. The van der Waals surface area contributed by atoms with Crippen molar-refractivity contribution in [2.75, 3.05) is 32.8 Å². The molecule has 0 amide bonds. The van der Waals surface area contributed by atoms with E-state index in [4.69, 9.17) is 9.47 Å². The second kappa shape index (κ2) is 12.8. The van der Waals surface area contributed by atoms with Crippen molar-refractivity contribution in [3.05, 3.63) is 40.5 Å². The predicted molar refractivity (Wildman–Crippen MR) is 120 cm³/mol. The van der Waals surface area contributed by atoms with E-state index in [-0.39, 0.29) is 5.97 Å². The molecule has 4 nitrogen and oxygen atoms in total. The van der Waals surface area contributed by atoms with Gasteiger partial charge in [-0.3, -0.25) is 4.79 Å². The zero-order valence-corrected chi connectivity index (χ0v) is 18.9. The maximum absolute atomic E-state index is 12.6. The fourth-order valence-corrected chi connectivity index (χ4v) is 3.68. The summed E-state index contributed by atoms with van der Waals surface area (Å²) in [5.41, 5.74) is 4.88. The normalized spacial score (nSPS) is 15.0. The van der Waals surface area contributed by atoms with Crippen molar-refractivity contribution in [3.8, 4) is 5.75 Å². The molecule has 1 fully saturated rings. The number of ether oxygens (including phenoxy) is 2. The Balaban J connectivity index is 2.07. The van der Waals surface area contributed by atoms with Crippen LogP contribution in [0.1, 0.15) is 69.6 Å². The van der Waals surface area contributed by atoms with E-state index in [9.17, 15) is 4.79 Å². The van der Waals surface area contributed by atoms with Crippen LogP contribution in [-0.2, 0) is 22.4 Å². The topological polar surface area (TPSA) is 38.8 Å². The minimum Gasteiger partial charge on any atom is -0.426 e. The number of nitrogens with zero attached hydrogens (tertiary/aromatic N) is 1. The number of hydrogen-bond donors (Lipinski definition) is 0. The summed E-state index contributed by atoms with van der Waals surface area (Å²) in [7, 11) is 0. The molecule has 0 aliphatic carbocycles. The number of unbranched alkanes of at least 4 members (excludes halogenated alkanes) is 2. The van der Waals surface area contributed by atoms with Gasteiger partial charge in [-0.1, -0.05) is 37.5 Å². The average Bonchev–Trinajstić information content (AvgIpc) is 2.94. The first-order chi connectivity index (χ1) is 14.0. The first-order valence-corrected chi connectivity index (χ1v) is 11.3. The Labute approximate surface area is 177 Å². The summed E-state index contributed by atoms with van der Waals surface area (Å²) in [4.78, 5) is 14.9. The molecule has 0 saturated carbocycles. The SMILES string of the molecule is CCCCCc1cc(C)c(CC=C(C)C)c(OC(=O)CCN2CCCOCC2)c1. The molecule has 0 unspecified atom stereocenters. The predicted octanol–water partition coefficient (Wildman–Crippen LogP) is 5.25. The monoisotopic (exact) mass is 401 g/mol. The van der Waals surface area contributed by atoms with E-state index in [0.717, 1.165) is 63.4 Å². The molecule has 162 valence electrons. The molecule has 29 heavy (non-hydrogen) atoms. The molecule has 0 radical (unpaired) electrons. The molecule has 4 heteroatoms. The zero-order chi connectivity index (χ0) is 21.1. The average molecular weight is 402 g/mol. The second-order valence-corrected chi connectivity index (χ2v) is 8.36. The van der Waals surface area contributed by atoms with Gasteiger partial charge >= 0.3 is 5.97 Å². The van der Waals surface area contributed by atoms with Gasteiger partial charge in [0.25, 0.3) is 0 Å². The van der Waals surface area contributed by atoms with Crippen LogP contribution in [0.2, 0.25) is 0 Å². The molecular weight excluding hydrogens is 362 g/mol. The summed E-state index contributed by atoms with van der Waals surface area (Å²) >= 11 is 0. The van der Waals surface area contributed by atoms with Gasteiger partial charge in [0.1, 0.15) is 5.75 Å². The lowest BCUT2D eigenvalue weighted by molar-refractivity contribution is -0.134. The minimum atomic E-state index is -0.140.